The highest BCUT2D eigenvalue weighted by molar-refractivity contribution is 9.10. The van der Waals surface area contributed by atoms with Crippen molar-refractivity contribution in [2.45, 2.75) is 6.61 Å². The smallest absolute Gasteiger partial charge is 0.229 e. The fourth-order valence-corrected chi connectivity index (χ4v) is 2.00. The number of nitrogens with zero attached hydrogens (tertiary/aromatic N) is 2. The monoisotopic (exact) mass is 341 g/mol. The van der Waals surface area contributed by atoms with E-state index in [0.717, 1.165) is 10.0 Å². The van der Waals surface area contributed by atoms with Gasteiger partial charge in [-0.3, -0.25) is 4.79 Å². The van der Waals surface area contributed by atoms with Crippen molar-refractivity contribution in [1.82, 2.24) is 9.97 Å². The summed E-state index contributed by atoms with van der Waals surface area (Å²) < 4.78 is 6.35. The van der Waals surface area contributed by atoms with Gasteiger partial charge in [0.15, 0.2) is 6.29 Å². The van der Waals surface area contributed by atoms with Gasteiger partial charge in [0, 0.05) is 15.1 Å². The molecule has 2 rings (SSSR count). The van der Waals surface area contributed by atoms with Crippen LogP contribution in [0.1, 0.15) is 15.9 Å². The SMILES string of the molecule is Nc1ncnc(OCc2cc(Br)ccc2Cl)c1C=O. The normalized spacial score (nSPS) is 10.2. The second-order valence-electron chi connectivity index (χ2n) is 3.62. The number of ether oxygens (including phenoxy) is 1. The number of carbonyl (C=O) groups excluding carboxylic acids is 1. The van der Waals surface area contributed by atoms with Crippen LogP contribution in [0.25, 0.3) is 0 Å². The molecule has 2 aromatic rings. The molecule has 0 aliphatic rings. The maximum atomic E-state index is 10.9. The first-order valence-electron chi connectivity index (χ1n) is 5.24. The van der Waals surface area contributed by atoms with Gasteiger partial charge in [-0.25, -0.2) is 9.97 Å². The molecule has 1 aromatic heterocycles. The number of carbonyl (C=O) groups is 1. The van der Waals surface area contributed by atoms with Crippen molar-refractivity contribution in [3.05, 3.63) is 45.1 Å². The summed E-state index contributed by atoms with van der Waals surface area (Å²) in [6, 6.07) is 5.40. The Morgan fingerprint density at radius 3 is 2.95 bits per heavy atom. The van der Waals surface area contributed by atoms with E-state index in [1.165, 1.54) is 6.33 Å². The minimum atomic E-state index is 0.0836. The molecule has 0 unspecified atom stereocenters. The van der Waals surface area contributed by atoms with E-state index in [1.54, 1.807) is 6.07 Å². The average molecular weight is 343 g/mol. The third-order valence-corrected chi connectivity index (χ3v) is 3.23. The summed E-state index contributed by atoms with van der Waals surface area (Å²) >= 11 is 9.39. The Morgan fingerprint density at radius 1 is 1.42 bits per heavy atom. The van der Waals surface area contributed by atoms with Crippen molar-refractivity contribution in [3.63, 3.8) is 0 Å². The number of aromatic nitrogens is 2. The van der Waals surface area contributed by atoms with Crippen LogP contribution in [0.2, 0.25) is 5.02 Å². The molecule has 0 aliphatic heterocycles. The third kappa shape index (κ3) is 3.21. The Morgan fingerprint density at radius 2 is 2.21 bits per heavy atom. The number of nitrogen functional groups attached to an aromatic ring is 1. The molecule has 0 bridgehead atoms. The van der Waals surface area contributed by atoms with Gasteiger partial charge >= 0.3 is 0 Å². The van der Waals surface area contributed by atoms with Gasteiger partial charge in [-0.15, -0.1) is 0 Å². The van der Waals surface area contributed by atoms with Gasteiger partial charge in [-0.05, 0) is 18.2 Å². The van der Waals surface area contributed by atoms with Crippen LogP contribution in [0.4, 0.5) is 5.82 Å². The standard InChI is InChI=1S/C12H9BrClN3O2/c13-8-1-2-10(14)7(3-8)5-19-12-9(4-18)11(15)16-6-17-12/h1-4,6H,5H2,(H2,15,16,17). The second-order valence-corrected chi connectivity index (χ2v) is 4.94. The van der Waals surface area contributed by atoms with Gasteiger partial charge < -0.3 is 10.5 Å². The Balaban J connectivity index is 2.21. The van der Waals surface area contributed by atoms with E-state index in [0.29, 0.717) is 11.3 Å². The van der Waals surface area contributed by atoms with Crippen molar-refractivity contribution in [3.8, 4) is 5.88 Å². The number of rotatable bonds is 4. The highest BCUT2D eigenvalue weighted by atomic mass is 79.9. The van der Waals surface area contributed by atoms with E-state index >= 15 is 0 Å². The van der Waals surface area contributed by atoms with E-state index in [-0.39, 0.29) is 23.9 Å². The van der Waals surface area contributed by atoms with Crippen LogP contribution >= 0.6 is 27.5 Å². The molecule has 0 aliphatic carbocycles. The summed E-state index contributed by atoms with van der Waals surface area (Å²) in [7, 11) is 0. The zero-order chi connectivity index (χ0) is 13.8. The fraction of sp³-hybridized carbons (Fsp3) is 0.0833. The third-order valence-electron chi connectivity index (χ3n) is 2.37. The number of halogens is 2. The highest BCUT2D eigenvalue weighted by Crippen LogP contribution is 2.23. The number of benzene rings is 1. The van der Waals surface area contributed by atoms with Crippen molar-refractivity contribution >= 4 is 39.6 Å². The van der Waals surface area contributed by atoms with Gasteiger partial charge in [0.2, 0.25) is 5.88 Å². The van der Waals surface area contributed by atoms with E-state index in [4.69, 9.17) is 22.1 Å². The fourth-order valence-electron chi connectivity index (χ4n) is 1.42. The molecule has 2 N–H and O–H groups in total. The molecule has 98 valence electrons. The maximum absolute atomic E-state index is 10.9. The predicted octanol–water partition coefficient (Wildman–Crippen LogP) is 2.87. The topological polar surface area (TPSA) is 78.1 Å². The summed E-state index contributed by atoms with van der Waals surface area (Å²) in [4.78, 5) is 18.5. The van der Waals surface area contributed by atoms with Crippen LogP contribution in [-0.2, 0) is 6.61 Å². The van der Waals surface area contributed by atoms with Crippen LogP contribution < -0.4 is 10.5 Å². The lowest BCUT2D eigenvalue weighted by molar-refractivity contribution is 0.111. The van der Waals surface area contributed by atoms with E-state index in [9.17, 15) is 4.79 Å². The summed E-state index contributed by atoms with van der Waals surface area (Å²) in [5, 5.41) is 0.567. The molecule has 0 spiro atoms. The minimum absolute atomic E-state index is 0.0836. The Kier molecular flexibility index (Phi) is 4.34. The molecule has 1 aromatic carbocycles. The molecule has 5 nitrogen and oxygen atoms in total. The lowest BCUT2D eigenvalue weighted by Crippen LogP contribution is -2.05. The lowest BCUT2D eigenvalue weighted by Gasteiger charge is -2.09. The largest absolute Gasteiger partial charge is 0.472 e. The molecule has 0 fully saturated rings. The summed E-state index contributed by atoms with van der Waals surface area (Å²) in [5.41, 5.74) is 6.46. The summed E-state index contributed by atoms with van der Waals surface area (Å²) in [6.45, 7) is 0.176. The molecule has 0 saturated carbocycles. The molecule has 0 atom stereocenters. The van der Waals surface area contributed by atoms with Crippen LogP contribution in [0.5, 0.6) is 5.88 Å². The van der Waals surface area contributed by atoms with Crippen molar-refractivity contribution in [1.29, 1.82) is 0 Å². The van der Waals surface area contributed by atoms with Crippen LogP contribution in [0, 0.1) is 0 Å². The Hall–Kier alpha value is -1.66. The van der Waals surface area contributed by atoms with Gasteiger partial charge in [0.1, 0.15) is 24.3 Å². The Bertz CT molecular complexity index is 622. The molecule has 0 radical (unpaired) electrons. The van der Waals surface area contributed by atoms with Crippen LogP contribution in [0.15, 0.2) is 29.0 Å². The molecule has 0 amide bonds. The molecule has 0 saturated heterocycles. The van der Waals surface area contributed by atoms with E-state index in [1.807, 2.05) is 12.1 Å². The molecule has 7 heteroatoms. The second kappa shape index (κ2) is 5.99. The summed E-state index contributed by atoms with van der Waals surface area (Å²) in [5.74, 6) is 0.221. The van der Waals surface area contributed by atoms with E-state index < -0.39 is 0 Å². The summed E-state index contributed by atoms with van der Waals surface area (Å²) in [6.07, 6.45) is 1.80. The number of hydrogen-bond acceptors (Lipinski definition) is 5. The molecular weight excluding hydrogens is 334 g/mol. The predicted molar refractivity (Wildman–Crippen MR) is 75.3 cm³/mol. The average Bonchev–Trinajstić information content (AvgIpc) is 2.40. The number of nitrogens with two attached hydrogens (primary N) is 1. The van der Waals surface area contributed by atoms with E-state index in [2.05, 4.69) is 25.9 Å². The first-order valence-corrected chi connectivity index (χ1v) is 6.41. The quantitative estimate of drug-likeness (QED) is 0.864. The van der Waals surface area contributed by atoms with Crippen molar-refractivity contribution in [2.75, 3.05) is 5.73 Å². The van der Waals surface area contributed by atoms with Crippen molar-refractivity contribution < 1.29 is 9.53 Å². The minimum Gasteiger partial charge on any atom is -0.472 e. The molecular formula is C12H9BrClN3O2. The Labute approximate surface area is 122 Å². The van der Waals surface area contributed by atoms with Crippen molar-refractivity contribution in [2.24, 2.45) is 0 Å². The maximum Gasteiger partial charge on any atom is 0.229 e. The zero-order valence-electron chi connectivity index (χ0n) is 9.64. The van der Waals surface area contributed by atoms with Gasteiger partial charge in [-0.1, -0.05) is 27.5 Å². The lowest BCUT2D eigenvalue weighted by atomic mass is 10.2. The zero-order valence-corrected chi connectivity index (χ0v) is 12.0. The first kappa shape index (κ1) is 13.8. The van der Waals surface area contributed by atoms with Gasteiger partial charge in [0.25, 0.3) is 0 Å². The molecule has 1 heterocycles. The number of anilines is 1. The first-order chi connectivity index (χ1) is 9.11. The van der Waals surface area contributed by atoms with Gasteiger partial charge in [-0.2, -0.15) is 0 Å². The van der Waals surface area contributed by atoms with Crippen LogP contribution in [0.3, 0.4) is 0 Å². The number of hydrogen-bond donors (Lipinski definition) is 1. The van der Waals surface area contributed by atoms with Gasteiger partial charge in [0.05, 0.1) is 0 Å². The number of aldehydes is 1. The van der Waals surface area contributed by atoms with Crippen LogP contribution in [-0.4, -0.2) is 16.3 Å². The highest BCUT2D eigenvalue weighted by Gasteiger charge is 2.10. The molecule has 19 heavy (non-hydrogen) atoms.